The number of hydrogen-bond acceptors (Lipinski definition) is 4. The number of amides is 1. The van der Waals surface area contributed by atoms with Crippen molar-refractivity contribution < 1.29 is 4.79 Å². The van der Waals surface area contributed by atoms with Gasteiger partial charge in [0.15, 0.2) is 0 Å². The highest BCUT2D eigenvalue weighted by molar-refractivity contribution is 5.73. The number of hydrogen-bond donors (Lipinski definition) is 2. The lowest BCUT2D eigenvalue weighted by Crippen LogP contribution is -2.18. The Morgan fingerprint density at radius 3 is 2.83 bits per heavy atom. The molecule has 1 atom stereocenters. The first-order chi connectivity index (χ1) is 8.54. The molecule has 0 radical (unpaired) electrons. The smallest absolute Gasteiger partial charge is 0.239 e. The number of carbonyl (C=O) groups is 1. The first-order valence-corrected chi connectivity index (χ1v) is 5.60. The topological polar surface area (TPSA) is 90.8 Å². The van der Waals surface area contributed by atoms with Crippen molar-refractivity contribution in [3.8, 4) is 0 Å². The Bertz CT molecular complexity index is 543. The molecule has 0 aliphatic heterocycles. The summed E-state index contributed by atoms with van der Waals surface area (Å²) < 4.78 is 3.25. The zero-order chi connectivity index (χ0) is 13.1. The van der Waals surface area contributed by atoms with E-state index in [1.54, 1.807) is 17.1 Å². The molecular weight excluding hydrogens is 232 g/mol. The van der Waals surface area contributed by atoms with Gasteiger partial charge in [-0.05, 0) is 6.92 Å². The number of nitrogens with one attached hydrogen (secondary N) is 1. The minimum atomic E-state index is -0.412. The molecule has 0 saturated carbocycles. The van der Waals surface area contributed by atoms with Gasteiger partial charge in [0.2, 0.25) is 5.91 Å². The minimum absolute atomic E-state index is 0.0863. The summed E-state index contributed by atoms with van der Waals surface area (Å²) in [6.45, 7) is 2.12. The lowest BCUT2D eigenvalue weighted by atomic mass is 10.2. The second-order valence-electron chi connectivity index (χ2n) is 4.21. The lowest BCUT2D eigenvalue weighted by Gasteiger charge is -2.10. The third-order valence-electron chi connectivity index (χ3n) is 2.56. The summed E-state index contributed by atoms with van der Waals surface area (Å²) in [7, 11) is 1.88. The number of nitrogens with two attached hydrogens (primary N) is 1. The molecule has 7 heteroatoms. The van der Waals surface area contributed by atoms with E-state index >= 15 is 0 Å². The molecule has 3 N–H and O–H groups in total. The average molecular weight is 248 g/mol. The van der Waals surface area contributed by atoms with Crippen LogP contribution in [0, 0.1) is 0 Å². The van der Waals surface area contributed by atoms with Gasteiger partial charge in [0.05, 0.1) is 24.1 Å². The molecule has 2 aromatic rings. The van der Waals surface area contributed by atoms with Crippen LogP contribution in [0.1, 0.15) is 18.5 Å². The van der Waals surface area contributed by atoms with E-state index in [-0.39, 0.29) is 12.6 Å². The Balaban J connectivity index is 2.00. The van der Waals surface area contributed by atoms with Gasteiger partial charge in [-0.25, -0.2) is 0 Å². The fourth-order valence-corrected chi connectivity index (χ4v) is 1.68. The lowest BCUT2D eigenvalue weighted by molar-refractivity contribution is -0.118. The zero-order valence-electron chi connectivity index (χ0n) is 10.4. The Morgan fingerprint density at radius 1 is 1.44 bits per heavy atom. The van der Waals surface area contributed by atoms with Gasteiger partial charge in [0.1, 0.15) is 6.54 Å². The maximum absolute atomic E-state index is 10.8. The maximum atomic E-state index is 10.8. The SMILES string of the molecule is CC(Nc1cnn(CC(N)=O)c1)c1cnn(C)c1. The zero-order valence-corrected chi connectivity index (χ0v) is 10.4. The molecule has 0 bridgehead atoms. The van der Waals surface area contributed by atoms with Gasteiger partial charge in [0, 0.05) is 25.0 Å². The first kappa shape index (κ1) is 12.2. The quantitative estimate of drug-likeness (QED) is 0.795. The molecule has 1 amide bonds. The molecule has 0 aromatic carbocycles. The van der Waals surface area contributed by atoms with Gasteiger partial charge in [-0.1, -0.05) is 0 Å². The fraction of sp³-hybridized carbons (Fsp3) is 0.364. The van der Waals surface area contributed by atoms with Crippen LogP contribution in [0.15, 0.2) is 24.8 Å². The van der Waals surface area contributed by atoms with E-state index in [9.17, 15) is 4.79 Å². The van der Waals surface area contributed by atoms with Crippen molar-refractivity contribution in [1.29, 1.82) is 0 Å². The third-order valence-corrected chi connectivity index (χ3v) is 2.56. The Kier molecular flexibility index (Phi) is 3.31. The molecule has 0 aliphatic rings. The van der Waals surface area contributed by atoms with Crippen molar-refractivity contribution in [2.24, 2.45) is 12.8 Å². The van der Waals surface area contributed by atoms with Crippen LogP contribution >= 0.6 is 0 Å². The number of primary amides is 1. The van der Waals surface area contributed by atoms with Crippen molar-refractivity contribution in [2.45, 2.75) is 19.5 Å². The van der Waals surface area contributed by atoms with Crippen LogP contribution in [0.5, 0.6) is 0 Å². The second-order valence-corrected chi connectivity index (χ2v) is 4.21. The maximum Gasteiger partial charge on any atom is 0.239 e. The number of rotatable bonds is 5. The molecule has 0 fully saturated rings. The highest BCUT2D eigenvalue weighted by Gasteiger charge is 2.08. The normalized spacial score (nSPS) is 12.3. The molecule has 2 rings (SSSR count). The first-order valence-electron chi connectivity index (χ1n) is 5.60. The molecule has 0 aliphatic carbocycles. The Hall–Kier alpha value is -2.31. The van der Waals surface area contributed by atoms with Crippen molar-refractivity contribution in [3.63, 3.8) is 0 Å². The number of nitrogens with zero attached hydrogens (tertiary/aromatic N) is 4. The molecule has 0 spiro atoms. The largest absolute Gasteiger partial charge is 0.376 e. The van der Waals surface area contributed by atoms with Gasteiger partial charge in [-0.3, -0.25) is 14.2 Å². The van der Waals surface area contributed by atoms with Gasteiger partial charge in [-0.2, -0.15) is 10.2 Å². The second kappa shape index (κ2) is 4.91. The predicted octanol–water partition coefficient (Wildman–Crippen LogP) is 0.275. The van der Waals surface area contributed by atoms with Crippen molar-refractivity contribution in [2.75, 3.05) is 5.32 Å². The molecule has 96 valence electrons. The molecule has 2 aromatic heterocycles. The van der Waals surface area contributed by atoms with Gasteiger partial charge < -0.3 is 11.1 Å². The van der Waals surface area contributed by atoms with E-state index in [4.69, 9.17) is 5.73 Å². The average Bonchev–Trinajstić information content (AvgIpc) is 2.87. The van der Waals surface area contributed by atoms with Gasteiger partial charge in [0.25, 0.3) is 0 Å². The Morgan fingerprint density at radius 2 is 2.22 bits per heavy atom. The van der Waals surface area contributed by atoms with Crippen LogP contribution in [-0.2, 0) is 18.4 Å². The molecule has 2 heterocycles. The molecule has 1 unspecified atom stereocenters. The van der Waals surface area contributed by atoms with Crippen molar-refractivity contribution in [3.05, 3.63) is 30.4 Å². The molecular formula is C11H16N6O. The van der Waals surface area contributed by atoms with E-state index in [2.05, 4.69) is 15.5 Å². The van der Waals surface area contributed by atoms with Crippen LogP contribution in [0.2, 0.25) is 0 Å². The summed E-state index contributed by atoms with van der Waals surface area (Å²) in [6, 6.07) is 0.116. The van der Waals surface area contributed by atoms with Crippen LogP contribution in [0.25, 0.3) is 0 Å². The van der Waals surface area contributed by atoms with Crippen molar-refractivity contribution >= 4 is 11.6 Å². The molecule has 18 heavy (non-hydrogen) atoms. The summed E-state index contributed by atoms with van der Waals surface area (Å²) in [6.07, 6.45) is 7.17. The summed E-state index contributed by atoms with van der Waals surface area (Å²) in [5.41, 5.74) is 7.02. The number of carbonyl (C=O) groups excluding carboxylic acids is 1. The molecule has 7 nitrogen and oxygen atoms in total. The number of aromatic nitrogens is 4. The number of anilines is 1. The predicted molar refractivity (Wildman–Crippen MR) is 66.7 cm³/mol. The van der Waals surface area contributed by atoms with Crippen LogP contribution in [0.3, 0.4) is 0 Å². The van der Waals surface area contributed by atoms with Crippen molar-refractivity contribution in [1.82, 2.24) is 19.6 Å². The highest BCUT2D eigenvalue weighted by Crippen LogP contribution is 2.17. The van der Waals surface area contributed by atoms with E-state index in [1.807, 2.05) is 26.4 Å². The fourth-order valence-electron chi connectivity index (χ4n) is 1.68. The Labute approximate surface area is 105 Å². The summed E-state index contributed by atoms with van der Waals surface area (Å²) in [4.78, 5) is 10.8. The van der Waals surface area contributed by atoms with Crippen LogP contribution < -0.4 is 11.1 Å². The molecule has 0 saturated heterocycles. The van der Waals surface area contributed by atoms with E-state index in [1.165, 1.54) is 4.68 Å². The van der Waals surface area contributed by atoms with Gasteiger partial charge in [-0.15, -0.1) is 0 Å². The van der Waals surface area contributed by atoms with Gasteiger partial charge >= 0.3 is 0 Å². The monoisotopic (exact) mass is 248 g/mol. The number of aryl methyl sites for hydroxylation is 1. The van der Waals surface area contributed by atoms with Crippen LogP contribution in [0.4, 0.5) is 5.69 Å². The standard InChI is InChI=1S/C11H16N6O/c1-8(9-3-13-16(2)5-9)15-10-4-14-17(6-10)7-11(12)18/h3-6,8,15H,7H2,1-2H3,(H2,12,18). The summed E-state index contributed by atoms with van der Waals surface area (Å²) in [5, 5.41) is 11.4. The summed E-state index contributed by atoms with van der Waals surface area (Å²) in [5.74, 6) is -0.412. The third kappa shape index (κ3) is 2.88. The van der Waals surface area contributed by atoms with E-state index < -0.39 is 5.91 Å². The minimum Gasteiger partial charge on any atom is -0.376 e. The highest BCUT2D eigenvalue weighted by atomic mass is 16.1. The van der Waals surface area contributed by atoms with E-state index in [0.29, 0.717) is 0 Å². The summed E-state index contributed by atoms with van der Waals surface area (Å²) >= 11 is 0. The van der Waals surface area contributed by atoms with E-state index in [0.717, 1.165) is 11.3 Å². The van der Waals surface area contributed by atoms with Crippen LogP contribution in [-0.4, -0.2) is 25.5 Å².